The molecule has 1 aliphatic heterocycles. The molecule has 0 amide bonds. The maximum Gasteiger partial charge on any atom is 0.255 e. The molecule has 4 rings (SSSR count). The van der Waals surface area contributed by atoms with Gasteiger partial charge in [0.1, 0.15) is 0 Å². The van der Waals surface area contributed by atoms with Crippen LogP contribution in [0.2, 0.25) is 0 Å². The first-order chi connectivity index (χ1) is 14.9. The van der Waals surface area contributed by atoms with Crippen molar-refractivity contribution in [2.45, 2.75) is 24.3 Å². The Kier molecular flexibility index (Phi) is 5.88. The number of rotatable bonds is 6. The minimum Gasteiger partial charge on any atom is -0.338 e. The minimum atomic E-state index is -3.55. The molecule has 0 saturated carbocycles. The molecule has 0 aliphatic carbocycles. The molecule has 1 aromatic carbocycles. The molecule has 9 heteroatoms. The quantitative estimate of drug-likeness (QED) is 0.585. The zero-order chi connectivity index (χ0) is 22.0. The lowest BCUT2D eigenvalue weighted by Gasteiger charge is -2.30. The predicted molar refractivity (Wildman–Crippen MR) is 119 cm³/mol. The fourth-order valence-corrected chi connectivity index (χ4v) is 5.46. The third-order valence-corrected chi connectivity index (χ3v) is 7.51. The van der Waals surface area contributed by atoms with Crippen LogP contribution in [-0.4, -0.2) is 52.9 Å². The molecule has 3 heterocycles. The van der Waals surface area contributed by atoms with Crippen molar-refractivity contribution in [1.29, 1.82) is 0 Å². The largest absolute Gasteiger partial charge is 0.338 e. The van der Waals surface area contributed by atoms with Crippen molar-refractivity contribution >= 4 is 16.0 Å². The molecule has 162 valence electrons. The standard InChI is InChI=1S/C22H25N5O3S/c1-3-27(18-11-14-26(16-18)31(29,30)19-7-5-4-6-8-19)22-24-20(15-21(28)25(22)2)17-9-12-23-13-10-17/h4-10,12-13,15,18H,3,11,14,16H2,1-2H3. The minimum absolute atomic E-state index is 0.0747. The second kappa shape index (κ2) is 8.60. The highest BCUT2D eigenvalue weighted by molar-refractivity contribution is 7.89. The Morgan fingerprint density at radius 1 is 1.13 bits per heavy atom. The maximum atomic E-state index is 13.0. The van der Waals surface area contributed by atoms with E-state index in [0.29, 0.717) is 42.6 Å². The molecule has 0 spiro atoms. The molecule has 0 bridgehead atoms. The van der Waals surface area contributed by atoms with E-state index in [-0.39, 0.29) is 11.6 Å². The fourth-order valence-electron chi connectivity index (χ4n) is 3.94. The van der Waals surface area contributed by atoms with E-state index in [2.05, 4.69) is 4.98 Å². The highest BCUT2D eigenvalue weighted by Crippen LogP contribution is 2.26. The third-order valence-electron chi connectivity index (χ3n) is 5.63. The van der Waals surface area contributed by atoms with E-state index >= 15 is 0 Å². The van der Waals surface area contributed by atoms with Gasteiger partial charge in [0, 0.05) is 56.7 Å². The van der Waals surface area contributed by atoms with Gasteiger partial charge in [-0.15, -0.1) is 0 Å². The van der Waals surface area contributed by atoms with E-state index in [1.807, 2.05) is 24.0 Å². The van der Waals surface area contributed by atoms with Crippen molar-refractivity contribution in [3.63, 3.8) is 0 Å². The molecule has 1 saturated heterocycles. The Bertz CT molecular complexity index is 1210. The lowest BCUT2D eigenvalue weighted by atomic mass is 10.2. The average Bonchev–Trinajstić information content (AvgIpc) is 3.29. The van der Waals surface area contributed by atoms with Gasteiger partial charge in [0.05, 0.1) is 10.6 Å². The van der Waals surface area contributed by atoms with Crippen molar-refractivity contribution in [3.05, 3.63) is 71.3 Å². The lowest BCUT2D eigenvalue weighted by molar-refractivity contribution is 0.467. The maximum absolute atomic E-state index is 13.0. The Morgan fingerprint density at radius 2 is 1.84 bits per heavy atom. The summed E-state index contributed by atoms with van der Waals surface area (Å²) < 4.78 is 29.1. The summed E-state index contributed by atoms with van der Waals surface area (Å²) in [5.74, 6) is 0.533. The summed E-state index contributed by atoms with van der Waals surface area (Å²) in [6.07, 6.45) is 3.99. The fraction of sp³-hybridized carbons (Fsp3) is 0.318. The number of hydrogen-bond acceptors (Lipinski definition) is 6. The van der Waals surface area contributed by atoms with Crippen molar-refractivity contribution in [3.8, 4) is 11.3 Å². The van der Waals surface area contributed by atoms with Gasteiger partial charge in [-0.1, -0.05) is 18.2 Å². The Hall–Kier alpha value is -3.04. The van der Waals surface area contributed by atoms with Gasteiger partial charge in [0.25, 0.3) is 5.56 Å². The monoisotopic (exact) mass is 439 g/mol. The molecule has 1 fully saturated rings. The van der Waals surface area contributed by atoms with E-state index in [1.54, 1.807) is 49.8 Å². The average molecular weight is 440 g/mol. The zero-order valence-electron chi connectivity index (χ0n) is 17.5. The number of benzene rings is 1. The van der Waals surface area contributed by atoms with Crippen LogP contribution in [-0.2, 0) is 17.1 Å². The molecule has 3 aromatic rings. The van der Waals surface area contributed by atoms with Gasteiger partial charge < -0.3 is 4.90 Å². The second-order valence-electron chi connectivity index (χ2n) is 7.48. The van der Waals surface area contributed by atoms with Gasteiger partial charge >= 0.3 is 0 Å². The topological polar surface area (TPSA) is 88.4 Å². The van der Waals surface area contributed by atoms with Crippen LogP contribution >= 0.6 is 0 Å². The molecular formula is C22H25N5O3S. The summed E-state index contributed by atoms with van der Waals surface area (Å²) in [5, 5.41) is 0. The van der Waals surface area contributed by atoms with E-state index in [0.717, 1.165) is 5.56 Å². The molecule has 1 aliphatic rings. The van der Waals surface area contributed by atoms with Crippen LogP contribution in [0, 0.1) is 0 Å². The number of hydrogen-bond donors (Lipinski definition) is 0. The first kappa shape index (κ1) is 21.2. The number of nitrogens with zero attached hydrogens (tertiary/aromatic N) is 5. The summed E-state index contributed by atoms with van der Waals surface area (Å²) in [6, 6.07) is 13.5. The summed E-state index contributed by atoms with van der Waals surface area (Å²) in [5.41, 5.74) is 1.22. The van der Waals surface area contributed by atoms with E-state index in [1.165, 1.54) is 14.9 Å². The normalized spacial score (nSPS) is 17.0. The van der Waals surface area contributed by atoms with Gasteiger partial charge in [-0.3, -0.25) is 14.3 Å². The highest BCUT2D eigenvalue weighted by Gasteiger charge is 2.36. The van der Waals surface area contributed by atoms with Crippen LogP contribution in [0.3, 0.4) is 0 Å². The second-order valence-corrected chi connectivity index (χ2v) is 9.42. The van der Waals surface area contributed by atoms with E-state index < -0.39 is 10.0 Å². The Labute approximate surface area is 181 Å². The predicted octanol–water partition coefficient (Wildman–Crippen LogP) is 2.13. The van der Waals surface area contributed by atoms with Crippen LogP contribution in [0.1, 0.15) is 13.3 Å². The summed E-state index contributed by atoms with van der Waals surface area (Å²) in [4.78, 5) is 23.7. The first-order valence-electron chi connectivity index (χ1n) is 10.2. The zero-order valence-corrected chi connectivity index (χ0v) is 18.4. The molecule has 0 radical (unpaired) electrons. The SMILES string of the molecule is CCN(c1nc(-c2ccncc2)cc(=O)n1C)C1CCN(S(=O)(=O)c2ccccc2)C1. The molecule has 8 nitrogen and oxygen atoms in total. The number of likely N-dealkylation sites (N-methyl/N-ethyl adjacent to an activating group) is 1. The smallest absolute Gasteiger partial charge is 0.255 e. The first-order valence-corrected chi connectivity index (χ1v) is 11.7. The van der Waals surface area contributed by atoms with Gasteiger partial charge in [-0.2, -0.15) is 4.31 Å². The van der Waals surface area contributed by atoms with Crippen LogP contribution in [0.4, 0.5) is 5.95 Å². The molecule has 31 heavy (non-hydrogen) atoms. The summed E-state index contributed by atoms with van der Waals surface area (Å²) in [7, 11) is -1.86. The van der Waals surface area contributed by atoms with Crippen LogP contribution in [0.25, 0.3) is 11.3 Å². The number of sulfonamides is 1. The van der Waals surface area contributed by atoms with Crippen molar-refractivity contribution < 1.29 is 8.42 Å². The third kappa shape index (κ3) is 4.11. The molecule has 1 atom stereocenters. The van der Waals surface area contributed by atoms with Crippen LogP contribution < -0.4 is 10.5 Å². The van der Waals surface area contributed by atoms with Gasteiger partial charge in [-0.05, 0) is 37.6 Å². The molecule has 1 unspecified atom stereocenters. The Balaban J connectivity index is 1.64. The highest BCUT2D eigenvalue weighted by atomic mass is 32.2. The number of pyridine rings is 1. The number of anilines is 1. The van der Waals surface area contributed by atoms with Crippen LogP contribution in [0.5, 0.6) is 0 Å². The molecule has 0 N–H and O–H groups in total. The van der Waals surface area contributed by atoms with Crippen LogP contribution in [0.15, 0.2) is 70.6 Å². The van der Waals surface area contributed by atoms with Crippen molar-refractivity contribution in [2.24, 2.45) is 7.05 Å². The van der Waals surface area contributed by atoms with Crippen molar-refractivity contribution in [1.82, 2.24) is 18.8 Å². The van der Waals surface area contributed by atoms with Gasteiger partial charge in [0.2, 0.25) is 16.0 Å². The van der Waals surface area contributed by atoms with Gasteiger partial charge in [0.15, 0.2) is 0 Å². The van der Waals surface area contributed by atoms with Gasteiger partial charge in [-0.25, -0.2) is 13.4 Å². The molecule has 2 aromatic heterocycles. The number of aromatic nitrogens is 3. The molecular weight excluding hydrogens is 414 g/mol. The summed E-state index contributed by atoms with van der Waals surface area (Å²) >= 11 is 0. The van der Waals surface area contributed by atoms with Crippen molar-refractivity contribution in [2.75, 3.05) is 24.5 Å². The van der Waals surface area contributed by atoms with E-state index in [4.69, 9.17) is 4.98 Å². The lowest BCUT2D eigenvalue weighted by Crippen LogP contribution is -2.42. The summed E-state index contributed by atoms with van der Waals surface area (Å²) in [6.45, 7) is 3.36. The van der Waals surface area contributed by atoms with E-state index in [9.17, 15) is 13.2 Å². The Morgan fingerprint density at radius 3 is 2.52 bits per heavy atom.